The summed E-state index contributed by atoms with van der Waals surface area (Å²) in [4.78, 5) is 13.6. The molecule has 1 aliphatic rings. The van der Waals surface area contributed by atoms with Gasteiger partial charge in [0.1, 0.15) is 5.78 Å². The molecule has 2 nitrogen and oxygen atoms in total. The van der Waals surface area contributed by atoms with Gasteiger partial charge in [0.25, 0.3) is 0 Å². The van der Waals surface area contributed by atoms with Gasteiger partial charge in [-0.15, -0.1) is 12.4 Å². The van der Waals surface area contributed by atoms with Crippen LogP contribution in [0.3, 0.4) is 0 Å². The Kier molecular flexibility index (Phi) is 5.57. The van der Waals surface area contributed by atoms with E-state index in [0.717, 1.165) is 31.7 Å². The van der Waals surface area contributed by atoms with Gasteiger partial charge >= 0.3 is 0 Å². The molecule has 3 heteroatoms. The van der Waals surface area contributed by atoms with Crippen LogP contribution in [0.5, 0.6) is 0 Å². The highest BCUT2D eigenvalue weighted by atomic mass is 35.5. The SMILES string of the molecule is CC1CCC(=O)C(CN(C)C)C1.Cl. The number of carbonyl (C=O) groups excluding carboxylic acids is 1. The number of rotatable bonds is 2. The molecule has 1 rings (SSSR count). The monoisotopic (exact) mass is 205 g/mol. The Bertz CT molecular complexity index is 168. The van der Waals surface area contributed by atoms with Gasteiger partial charge in [0, 0.05) is 18.9 Å². The van der Waals surface area contributed by atoms with Crippen molar-refractivity contribution in [2.45, 2.75) is 26.2 Å². The first-order valence-corrected chi connectivity index (χ1v) is 4.77. The molecule has 0 N–H and O–H groups in total. The van der Waals surface area contributed by atoms with Gasteiger partial charge < -0.3 is 4.90 Å². The van der Waals surface area contributed by atoms with E-state index in [1.165, 1.54) is 0 Å². The molecule has 0 aromatic heterocycles. The van der Waals surface area contributed by atoms with Crippen molar-refractivity contribution in [2.24, 2.45) is 11.8 Å². The normalized spacial score (nSPS) is 28.8. The van der Waals surface area contributed by atoms with Gasteiger partial charge in [0.2, 0.25) is 0 Å². The molecule has 13 heavy (non-hydrogen) atoms. The third-order valence-corrected chi connectivity index (χ3v) is 2.61. The summed E-state index contributed by atoms with van der Waals surface area (Å²) in [5, 5.41) is 0. The molecule has 1 saturated carbocycles. The summed E-state index contributed by atoms with van der Waals surface area (Å²) in [5.74, 6) is 1.53. The average molecular weight is 206 g/mol. The van der Waals surface area contributed by atoms with Crippen molar-refractivity contribution < 1.29 is 4.79 Å². The van der Waals surface area contributed by atoms with E-state index in [4.69, 9.17) is 0 Å². The van der Waals surface area contributed by atoms with Crippen LogP contribution in [0.4, 0.5) is 0 Å². The van der Waals surface area contributed by atoms with E-state index in [0.29, 0.717) is 11.7 Å². The maximum atomic E-state index is 11.4. The predicted molar refractivity (Wildman–Crippen MR) is 57.3 cm³/mol. The molecular weight excluding hydrogens is 186 g/mol. The number of Topliss-reactive ketones (excluding diaryl/α,β-unsaturated/α-hetero) is 1. The minimum absolute atomic E-state index is 0. The fourth-order valence-corrected chi connectivity index (χ4v) is 1.94. The average Bonchev–Trinajstić information content (AvgIpc) is 1.96. The Hall–Kier alpha value is -0.0800. The number of hydrogen-bond donors (Lipinski definition) is 0. The topological polar surface area (TPSA) is 20.3 Å². The zero-order valence-corrected chi connectivity index (χ0v) is 9.56. The standard InChI is InChI=1S/C10H19NO.ClH/c1-8-4-5-10(12)9(6-8)7-11(2)3;/h8-9H,4-7H2,1-3H3;1H. The van der Waals surface area contributed by atoms with Crippen molar-refractivity contribution in [1.82, 2.24) is 4.90 Å². The molecule has 1 fully saturated rings. The largest absolute Gasteiger partial charge is 0.309 e. The second kappa shape index (κ2) is 5.61. The molecule has 2 unspecified atom stereocenters. The lowest BCUT2D eigenvalue weighted by Crippen LogP contribution is -2.32. The fraction of sp³-hybridized carbons (Fsp3) is 0.900. The lowest BCUT2D eigenvalue weighted by atomic mass is 9.81. The summed E-state index contributed by atoms with van der Waals surface area (Å²) in [6.07, 6.45) is 3.00. The zero-order chi connectivity index (χ0) is 9.14. The minimum atomic E-state index is 0. The minimum Gasteiger partial charge on any atom is -0.309 e. The van der Waals surface area contributed by atoms with E-state index >= 15 is 0 Å². The fourth-order valence-electron chi connectivity index (χ4n) is 1.94. The molecule has 0 aliphatic heterocycles. The van der Waals surface area contributed by atoms with E-state index in [-0.39, 0.29) is 12.4 Å². The predicted octanol–water partition coefficient (Wildman–Crippen LogP) is 1.98. The number of nitrogens with zero attached hydrogens (tertiary/aromatic N) is 1. The molecule has 2 atom stereocenters. The van der Waals surface area contributed by atoms with Crippen LogP contribution in [0.2, 0.25) is 0 Å². The van der Waals surface area contributed by atoms with Gasteiger partial charge in [-0.3, -0.25) is 4.79 Å². The number of ketones is 1. The van der Waals surface area contributed by atoms with Crippen molar-refractivity contribution in [3.05, 3.63) is 0 Å². The lowest BCUT2D eigenvalue weighted by Gasteiger charge is -2.27. The smallest absolute Gasteiger partial charge is 0.137 e. The Labute approximate surface area is 87.1 Å². The first-order chi connectivity index (χ1) is 5.59. The summed E-state index contributed by atoms with van der Waals surface area (Å²) in [6.45, 7) is 3.18. The van der Waals surface area contributed by atoms with Crippen LogP contribution < -0.4 is 0 Å². The van der Waals surface area contributed by atoms with E-state index in [1.807, 2.05) is 14.1 Å². The third kappa shape index (κ3) is 4.10. The number of carbonyl (C=O) groups is 1. The van der Waals surface area contributed by atoms with Crippen molar-refractivity contribution in [3.63, 3.8) is 0 Å². The molecule has 0 heterocycles. The number of hydrogen-bond acceptors (Lipinski definition) is 2. The van der Waals surface area contributed by atoms with Crippen molar-refractivity contribution in [3.8, 4) is 0 Å². The van der Waals surface area contributed by atoms with Crippen LogP contribution >= 0.6 is 12.4 Å². The van der Waals surface area contributed by atoms with Gasteiger partial charge in [-0.05, 0) is 32.9 Å². The molecule has 0 bridgehead atoms. The lowest BCUT2D eigenvalue weighted by molar-refractivity contribution is -0.125. The molecule has 0 spiro atoms. The Morgan fingerprint density at radius 2 is 2.08 bits per heavy atom. The highest BCUT2D eigenvalue weighted by molar-refractivity contribution is 5.85. The molecule has 0 saturated heterocycles. The summed E-state index contributed by atoms with van der Waals surface area (Å²) in [6, 6.07) is 0. The van der Waals surface area contributed by atoms with E-state index in [2.05, 4.69) is 11.8 Å². The molecule has 0 aromatic carbocycles. The van der Waals surface area contributed by atoms with E-state index in [1.54, 1.807) is 0 Å². The quantitative estimate of drug-likeness (QED) is 0.687. The van der Waals surface area contributed by atoms with Gasteiger partial charge in [0.15, 0.2) is 0 Å². The summed E-state index contributed by atoms with van der Waals surface area (Å²) >= 11 is 0. The second-order valence-corrected chi connectivity index (χ2v) is 4.31. The summed E-state index contributed by atoms with van der Waals surface area (Å²) in [5.41, 5.74) is 0. The Morgan fingerprint density at radius 3 is 2.62 bits per heavy atom. The maximum absolute atomic E-state index is 11.4. The number of halogens is 1. The molecular formula is C10H20ClNO. The highest BCUT2D eigenvalue weighted by Crippen LogP contribution is 2.26. The summed E-state index contributed by atoms with van der Waals surface area (Å²) < 4.78 is 0. The Balaban J connectivity index is 0.00000144. The van der Waals surface area contributed by atoms with Crippen molar-refractivity contribution >= 4 is 18.2 Å². The van der Waals surface area contributed by atoms with Crippen LogP contribution in [0, 0.1) is 11.8 Å². The van der Waals surface area contributed by atoms with Crippen LogP contribution in [0.25, 0.3) is 0 Å². The van der Waals surface area contributed by atoms with Gasteiger partial charge in [-0.1, -0.05) is 6.92 Å². The van der Waals surface area contributed by atoms with Crippen LogP contribution in [-0.2, 0) is 4.79 Å². The molecule has 0 radical (unpaired) electrons. The van der Waals surface area contributed by atoms with Crippen LogP contribution in [0.1, 0.15) is 26.2 Å². The van der Waals surface area contributed by atoms with Gasteiger partial charge in [-0.2, -0.15) is 0 Å². The molecule has 0 aromatic rings. The van der Waals surface area contributed by atoms with Crippen molar-refractivity contribution in [1.29, 1.82) is 0 Å². The van der Waals surface area contributed by atoms with Crippen molar-refractivity contribution in [2.75, 3.05) is 20.6 Å². The molecule has 0 amide bonds. The van der Waals surface area contributed by atoms with Gasteiger partial charge in [-0.25, -0.2) is 0 Å². The van der Waals surface area contributed by atoms with E-state index < -0.39 is 0 Å². The summed E-state index contributed by atoms with van der Waals surface area (Å²) in [7, 11) is 4.07. The zero-order valence-electron chi connectivity index (χ0n) is 8.75. The van der Waals surface area contributed by atoms with Crippen LogP contribution in [0.15, 0.2) is 0 Å². The first kappa shape index (κ1) is 12.9. The molecule has 1 aliphatic carbocycles. The van der Waals surface area contributed by atoms with E-state index in [9.17, 15) is 4.79 Å². The van der Waals surface area contributed by atoms with Gasteiger partial charge in [0.05, 0.1) is 0 Å². The Morgan fingerprint density at radius 1 is 1.46 bits per heavy atom. The van der Waals surface area contributed by atoms with Crippen LogP contribution in [-0.4, -0.2) is 31.3 Å². The third-order valence-electron chi connectivity index (χ3n) is 2.61. The first-order valence-electron chi connectivity index (χ1n) is 4.77. The maximum Gasteiger partial charge on any atom is 0.137 e. The molecule has 78 valence electrons. The second-order valence-electron chi connectivity index (χ2n) is 4.31. The highest BCUT2D eigenvalue weighted by Gasteiger charge is 2.26.